The van der Waals surface area contributed by atoms with Crippen molar-refractivity contribution in [2.75, 3.05) is 7.05 Å². The monoisotopic (exact) mass is 365 g/mol. The Bertz CT molecular complexity index is 855. The van der Waals surface area contributed by atoms with E-state index in [4.69, 9.17) is 11.6 Å². The lowest BCUT2D eigenvalue weighted by Gasteiger charge is -2.19. The maximum Gasteiger partial charge on any atom is 0.323 e. The minimum atomic E-state index is -0.198. The fourth-order valence-electron chi connectivity index (χ4n) is 2.47. The molecule has 0 bridgehead atoms. The molecule has 4 nitrogen and oxygen atoms in total. The molecule has 108 valence electrons. The first-order chi connectivity index (χ1) is 10.1. The molecule has 0 fully saturated rings. The summed E-state index contributed by atoms with van der Waals surface area (Å²) in [6, 6.07) is 11.6. The third kappa shape index (κ3) is 2.77. The summed E-state index contributed by atoms with van der Waals surface area (Å²) in [6.45, 7) is 0. The minimum Gasteiger partial charge on any atom is -0.309 e. The van der Waals surface area contributed by atoms with E-state index in [2.05, 4.69) is 31.2 Å². The van der Waals surface area contributed by atoms with Crippen LogP contribution in [0.25, 0.3) is 11.0 Å². The quantitative estimate of drug-likeness (QED) is 0.663. The highest BCUT2D eigenvalue weighted by Gasteiger charge is 2.16. The van der Waals surface area contributed by atoms with Crippen molar-refractivity contribution in [1.82, 2.24) is 15.3 Å². The Balaban J connectivity index is 2.10. The van der Waals surface area contributed by atoms with E-state index < -0.39 is 0 Å². The van der Waals surface area contributed by atoms with Crippen LogP contribution in [0.4, 0.5) is 0 Å². The zero-order chi connectivity index (χ0) is 15.0. The van der Waals surface area contributed by atoms with E-state index in [1.807, 2.05) is 43.4 Å². The molecule has 0 aliphatic carbocycles. The zero-order valence-corrected chi connectivity index (χ0v) is 13.5. The number of hydrogen-bond donors (Lipinski definition) is 3. The van der Waals surface area contributed by atoms with Crippen LogP contribution in [0.1, 0.15) is 17.2 Å². The summed E-state index contributed by atoms with van der Waals surface area (Å²) in [5.41, 5.74) is 3.54. The molecule has 3 N–H and O–H groups in total. The lowest BCUT2D eigenvalue weighted by atomic mass is 9.98. The topological polar surface area (TPSA) is 60.7 Å². The Morgan fingerprint density at radius 3 is 2.62 bits per heavy atom. The number of fused-ring (bicyclic) bond motifs is 1. The van der Waals surface area contributed by atoms with E-state index in [1.165, 1.54) is 0 Å². The molecule has 0 saturated carbocycles. The van der Waals surface area contributed by atoms with Crippen LogP contribution in [0.5, 0.6) is 0 Å². The molecule has 0 aliphatic heterocycles. The molecule has 1 aromatic heterocycles. The van der Waals surface area contributed by atoms with Crippen LogP contribution in [-0.2, 0) is 0 Å². The fourth-order valence-corrected chi connectivity index (χ4v) is 3.38. The van der Waals surface area contributed by atoms with Gasteiger partial charge in [0.1, 0.15) is 0 Å². The predicted octanol–water partition coefficient (Wildman–Crippen LogP) is 3.58. The fraction of sp³-hybridized carbons (Fsp3) is 0.133. The van der Waals surface area contributed by atoms with Crippen LogP contribution < -0.4 is 11.0 Å². The van der Waals surface area contributed by atoms with Crippen molar-refractivity contribution >= 4 is 38.6 Å². The molecule has 0 spiro atoms. The number of aromatic amines is 2. The second-order valence-electron chi connectivity index (χ2n) is 4.77. The zero-order valence-electron chi connectivity index (χ0n) is 11.2. The highest BCUT2D eigenvalue weighted by Crippen LogP contribution is 2.31. The Morgan fingerprint density at radius 2 is 1.90 bits per heavy atom. The molecule has 0 amide bonds. The maximum atomic E-state index is 11.4. The van der Waals surface area contributed by atoms with Gasteiger partial charge in [-0.05, 0) is 42.4 Å². The van der Waals surface area contributed by atoms with Gasteiger partial charge in [-0.25, -0.2) is 4.79 Å². The number of aromatic nitrogens is 2. The third-order valence-corrected chi connectivity index (χ3v) is 4.36. The van der Waals surface area contributed by atoms with Gasteiger partial charge in [-0.15, -0.1) is 0 Å². The minimum absolute atomic E-state index is 0.000515. The first-order valence-corrected chi connectivity index (χ1v) is 7.60. The summed E-state index contributed by atoms with van der Waals surface area (Å²) in [4.78, 5) is 16.9. The number of halogens is 2. The number of imidazole rings is 1. The van der Waals surface area contributed by atoms with Crippen molar-refractivity contribution in [2.45, 2.75) is 6.04 Å². The lowest BCUT2D eigenvalue weighted by molar-refractivity contribution is 0.690. The van der Waals surface area contributed by atoms with Gasteiger partial charge in [0.05, 0.1) is 17.1 Å². The highest BCUT2D eigenvalue weighted by molar-refractivity contribution is 9.10. The largest absolute Gasteiger partial charge is 0.323 e. The molecule has 3 aromatic rings. The van der Waals surface area contributed by atoms with Gasteiger partial charge in [-0.1, -0.05) is 39.7 Å². The standard InChI is InChI=1S/C15H13BrClN3O/c1-18-14(10-4-3-9(17)7-11(10)16)8-2-5-12-13(6-8)20-15(21)19-12/h2-7,14,18H,1H3,(H2,19,20,21). The molecule has 2 aromatic carbocycles. The summed E-state index contributed by atoms with van der Waals surface area (Å²) in [5, 5.41) is 3.98. The SMILES string of the molecule is CNC(c1ccc2[nH]c(=O)[nH]c2c1)c1ccc(Cl)cc1Br. The van der Waals surface area contributed by atoms with E-state index in [0.717, 1.165) is 26.6 Å². The van der Waals surface area contributed by atoms with E-state index in [1.54, 1.807) is 0 Å². The Labute approximate surface area is 134 Å². The number of hydrogen-bond acceptors (Lipinski definition) is 2. The first-order valence-electron chi connectivity index (χ1n) is 6.42. The van der Waals surface area contributed by atoms with Gasteiger partial charge < -0.3 is 15.3 Å². The van der Waals surface area contributed by atoms with E-state index in [0.29, 0.717) is 5.02 Å². The molecule has 1 atom stereocenters. The van der Waals surface area contributed by atoms with E-state index >= 15 is 0 Å². The maximum absolute atomic E-state index is 11.4. The summed E-state index contributed by atoms with van der Waals surface area (Å²) < 4.78 is 0.942. The molecule has 3 rings (SSSR count). The van der Waals surface area contributed by atoms with Gasteiger partial charge in [0.15, 0.2) is 0 Å². The van der Waals surface area contributed by atoms with Crippen molar-refractivity contribution < 1.29 is 0 Å². The molecule has 0 radical (unpaired) electrons. The number of rotatable bonds is 3. The molecule has 6 heteroatoms. The van der Waals surface area contributed by atoms with Crippen molar-refractivity contribution in [3.8, 4) is 0 Å². The summed E-state index contributed by atoms with van der Waals surface area (Å²) >= 11 is 9.55. The van der Waals surface area contributed by atoms with Gasteiger partial charge in [0.25, 0.3) is 0 Å². The second kappa shape index (κ2) is 5.67. The van der Waals surface area contributed by atoms with Gasteiger partial charge in [0.2, 0.25) is 0 Å². The predicted molar refractivity (Wildman–Crippen MR) is 89.0 cm³/mol. The Morgan fingerprint density at radius 1 is 1.14 bits per heavy atom. The van der Waals surface area contributed by atoms with Gasteiger partial charge in [-0.2, -0.15) is 0 Å². The van der Waals surface area contributed by atoms with Crippen molar-refractivity contribution in [3.05, 3.63) is 67.5 Å². The lowest BCUT2D eigenvalue weighted by Crippen LogP contribution is -2.18. The third-order valence-electron chi connectivity index (χ3n) is 3.44. The van der Waals surface area contributed by atoms with Gasteiger partial charge >= 0.3 is 5.69 Å². The average molecular weight is 367 g/mol. The molecule has 21 heavy (non-hydrogen) atoms. The van der Waals surface area contributed by atoms with Gasteiger partial charge in [-0.3, -0.25) is 0 Å². The van der Waals surface area contributed by atoms with Crippen molar-refractivity contribution in [2.24, 2.45) is 0 Å². The molecule has 1 unspecified atom stereocenters. The van der Waals surface area contributed by atoms with Crippen LogP contribution >= 0.6 is 27.5 Å². The van der Waals surface area contributed by atoms with E-state index in [9.17, 15) is 4.79 Å². The van der Waals surface area contributed by atoms with Crippen molar-refractivity contribution in [1.29, 1.82) is 0 Å². The average Bonchev–Trinajstić information content (AvgIpc) is 2.81. The Hall–Kier alpha value is -1.56. The first kappa shape index (κ1) is 14.4. The van der Waals surface area contributed by atoms with Crippen LogP contribution in [0.3, 0.4) is 0 Å². The number of benzene rings is 2. The number of H-pyrrole nitrogens is 2. The summed E-state index contributed by atoms with van der Waals surface area (Å²) in [5.74, 6) is 0. The van der Waals surface area contributed by atoms with Gasteiger partial charge in [0, 0.05) is 9.50 Å². The van der Waals surface area contributed by atoms with Crippen LogP contribution in [0, 0.1) is 0 Å². The van der Waals surface area contributed by atoms with Crippen LogP contribution in [0.2, 0.25) is 5.02 Å². The molecule has 0 saturated heterocycles. The highest BCUT2D eigenvalue weighted by atomic mass is 79.9. The molecular weight excluding hydrogens is 354 g/mol. The second-order valence-corrected chi connectivity index (χ2v) is 6.06. The number of nitrogens with one attached hydrogen (secondary N) is 3. The molecular formula is C15H13BrClN3O. The van der Waals surface area contributed by atoms with Crippen LogP contribution in [-0.4, -0.2) is 17.0 Å². The van der Waals surface area contributed by atoms with Crippen LogP contribution in [0.15, 0.2) is 45.7 Å². The summed E-state index contributed by atoms with van der Waals surface area (Å²) in [7, 11) is 1.90. The molecule has 0 aliphatic rings. The smallest absolute Gasteiger partial charge is 0.309 e. The van der Waals surface area contributed by atoms with E-state index in [-0.39, 0.29) is 11.7 Å². The summed E-state index contributed by atoms with van der Waals surface area (Å²) in [6.07, 6.45) is 0. The molecule has 1 heterocycles. The Kier molecular flexibility index (Phi) is 3.89. The van der Waals surface area contributed by atoms with Crippen molar-refractivity contribution in [3.63, 3.8) is 0 Å². The normalized spacial score (nSPS) is 12.7.